The van der Waals surface area contributed by atoms with Gasteiger partial charge in [0, 0.05) is 11.2 Å². The first-order valence-electron chi connectivity index (χ1n) is 10.0. The maximum absolute atomic E-state index is 12.8. The van der Waals surface area contributed by atoms with Crippen LogP contribution in [0.3, 0.4) is 0 Å². The number of amides is 1. The van der Waals surface area contributed by atoms with Gasteiger partial charge in [0.15, 0.2) is 18.2 Å². The Morgan fingerprint density at radius 3 is 2.39 bits per heavy atom. The first kappa shape index (κ1) is 23.2. The van der Waals surface area contributed by atoms with Gasteiger partial charge < -0.3 is 10.1 Å². The highest BCUT2D eigenvalue weighted by Gasteiger charge is 2.18. The number of carbonyl (C=O) groups is 1. The summed E-state index contributed by atoms with van der Waals surface area (Å²) in [6, 6.07) is 14.3. The summed E-state index contributed by atoms with van der Waals surface area (Å²) in [7, 11) is 0. The van der Waals surface area contributed by atoms with E-state index in [-0.39, 0.29) is 18.3 Å². The summed E-state index contributed by atoms with van der Waals surface area (Å²) in [5, 5.41) is 13.2. The molecule has 7 nitrogen and oxygen atoms in total. The summed E-state index contributed by atoms with van der Waals surface area (Å²) in [6.07, 6.45) is 1.64. The number of anilines is 1. The minimum atomic E-state index is -0.354. The molecule has 2 heterocycles. The number of ether oxygens (including phenoxy) is 1. The van der Waals surface area contributed by atoms with E-state index in [0.717, 1.165) is 11.3 Å². The van der Waals surface area contributed by atoms with Gasteiger partial charge in [0.25, 0.3) is 5.91 Å². The maximum atomic E-state index is 12.8. The van der Waals surface area contributed by atoms with Crippen molar-refractivity contribution in [3.05, 3.63) is 92.4 Å². The molecule has 2 aromatic carbocycles. The van der Waals surface area contributed by atoms with Gasteiger partial charge in [0.1, 0.15) is 0 Å². The molecule has 0 saturated heterocycles. The van der Waals surface area contributed by atoms with Crippen molar-refractivity contribution < 1.29 is 9.53 Å². The second-order valence-electron chi connectivity index (χ2n) is 7.31. The second kappa shape index (κ2) is 9.87. The van der Waals surface area contributed by atoms with Crippen LogP contribution in [0.15, 0.2) is 54.7 Å². The van der Waals surface area contributed by atoms with Crippen molar-refractivity contribution in [1.29, 1.82) is 0 Å². The molecule has 0 unspecified atom stereocenters. The van der Waals surface area contributed by atoms with E-state index in [1.807, 2.05) is 42.8 Å². The zero-order valence-electron chi connectivity index (χ0n) is 17.8. The van der Waals surface area contributed by atoms with Crippen LogP contribution in [0, 0.1) is 13.8 Å². The zero-order valence-corrected chi connectivity index (χ0v) is 20.1. The number of para-hydroxylation sites is 1. The average molecular weight is 505 g/mol. The number of nitrogens with zero attached hydrogens (tertiary/aromatic N) is 4. The molecule has 4 rings (SSSR count). The topological polar surface area (TPSA) is 74.0 Å². The van der Waals surface area contributed by atoms with Crippen LogP contribution >= 0.6 is 34.8 Å². The lowest BCUT2D eigenvalue weighted by Gasteiger charge is -2.09. The average Bonchev–Trinajstić information content (AvgIpc) is 3.35. The monoisotopic (exact) mass is 503 g/mol. The number of hydrogen-bond acceptors (Lipinski definition) is 4. The first-order chi connectivity index (χ1) is 15.8. The van der Waals surface area contributed by atoms with E-state index in [9.17, 15) is 4.79 Å². The van der Waals surface area contributed by atoms with E-state index >= 15 is 0 Å². The maximum Gasteiger partial charge on any atom is 0.276 e. The lowest BCUT2D eigenvalue weighted by molar-refractivity contribution is 0.102. The molecular weight excluding hydrogens is 485 g/mol. The van der Waals surface area contributed by atoms with Gasteiger partial charge in [-0.25, -0.2) is 4.68 Å². The van der Waals surface area contributed by atoms with Crippen molar-refractivity contribution in [1.82, 2.24) is 19.6 Å². The largest absolute Gasteiger partial charge is 0.468 e. The number of halogens is 3. The highest BCUT2D eigenvalue weighted by Crippen LogP contribution is 2.32. The predicted octanol–water partition coefficient (Wildman–Crippen LogP) is 5.99. The summed E-state index contributed by atoms with van der Waals surface area (Å²) < 4.78 is 8.95. The molecule has 0 aliphatic heterocycles. The molecule has 0 saturated carbocycles. The number of carbonyl (C=O) groups excluding carboxylic acids is 1. The SMILES string of the molecule is Cc1nn(Cc2ccccc2Cl)c(C)c1NC(=O)c1ccn(COc2c(Cl)cccc2Cl)n1. The Balaban J connectivity index is 1.44. The molecule has 1 N–H and O–H groups in total. The first-order valence-corrected chi connectivity index (χ1v) is 11.2. The van der Waals surface area contributed by atoms with Crippen LogP contribution in [0.5, 0.6) is 5.75 Å². The van der Waals surface area contributed by atoms with Crippen molar-refractivity contribution in [3.8, 4) is 5.75 Å². The van der Waals surface area contributed by atoms with Gasteiger partial charge >= 0.3 is 0 Å². The molecule has 0 aliphatic carbocycles. The zero-order chi connectivity index (χ0) is 23.5. The van der Waals surface area contributed by atoms with Gasteiger partial charge in [-0.3, -0.25) is 9.48 Å². The fourth-order valence-electron chi connectivity index (χ4n) is 3.30. The van der Waals surface area contributed by atoms with Crippen molar-refractivity contribution in [2.75, 3.05) is 5.32 Å². The van der Waals surface area contributed by atoms with Crippen LogP contribution in [-0.4, -0.2) is 25.5 Å². The van der Waals surface area contributed by atoms with E-state index in [1.54, 1.807) is 30.5 Å². The van der Waals surface area contributed by atoms with Crippen molar-refractivity contribution >= 4 is 46.4 Å². The lowest BCUT2D eigenvalue weighted by atomic mass is 10.2. The summed E-state index contributed by atoms with van der Waals surface area (Å²) >= 11 is 18.5. The quantitative estimate of drug-likeness (QED) is 0.335. The van der Waals surface area contributed by atoms with E-state index in [0.29, 0.717) is 38.7 Å². The van der Waals surface area contributed by atoms with Gasteiger partial charge in [-0.05, 0) is 43.7 Å². The molecule has 0 spiro atoms. The minimum absolute atomic E-state index is 0.0462. The Labute approximate surface area is 205 Å². The van der Waals surface area contributed by atoms with E-state index < -0.39 is 0 Å². The van der Waals surface area contributed by atoms with Gasteiger partial charge in [-0.15, -0.1) is 0 Å². The van der Waals surface area contributed by atoms with Gasteiger partial charge in [0.2, 0.25) is 0 Å². The molecule has 0 bridgehead atoms. The van der Waals surface area contributed by atoms with E-state index in [2.05, 4.69) is 15.5 Å². The Morgan fingerprint density at radius 2 is 1.67 bits per heavy atom. The molecule has 0 radical (unpaired) electrons. The summed E-state index contributed by atoms with van der Waals surface area (Å²) in [5.41, 5.74) is 3.34. The Morgan fingerprint density at radius 1 is 0.970 bits per heavy atom. The number of hydrogen-bond donors (Lipinski definition) is 1. The molecule has 0 fully saturated rings. The highest BCUT2D eigenvalue weighted by atomic mass is 35.5. The Bertz CT molecular complexity index is 1300. The summed E-state index contributed by atoms with van der Waals surface area (Å²) in [6.45, 7) is 4.28. The number of nitrogens with one attached hydrogen (secondary N) is 1. The summed E-state index contributed by atoms with van der Waals surface area (Å²) in [4.78, 5) is 12.8. The minimum Gasteiger partial charge on any atom is -0.468 e. The van der Waals surface area contributed by atoms with Gasteiger partial charge in [-0.2, -0.15) is 10.2 Å². The molecule has 33 heavy (non-hydrogen) atoms. The Kier molecular flexibility index (Phi) is 6.93. The van der Waals surface area contributed by atoms with Crippen molar-refractivity contribution in [3.63, 3.8) is 0 Å². The second-order valence-corrected chi connectivity index (χ2v) is 8.54. The lowest BCUT2D eigenvalue weighted by Crippen LogP contribution is -2.15. The van der Waals surface area contributed by atoms with Crippen LogP contribution in [0.4, 0.5) is 5.69 Å². The number of rotatable bonds is 7. The van der Waals surface area contributed by atoms with Gasteiger partial charge in [-0.1, -0.05) is 59.1 Å². The molecule has 4 aromatic rings. The molecule has 1 amide bonds. The van der Waals surface area contributed by atoms with Crippen LogP contribution < -0.4 is 10.1 Å². The fraction of sp³-hybridized carbons (Fsp3) is 0.174. The third kappa shape index (κ3) is 5.16. The highest BCUT2D eigenvalue weighted by molar-refractivity contribution is 6.37. The molecular formula is C23H20Cl3N5O2. The predicted molar refractivity (Wildman–Crippen MR) is 130 cm³/mol. The standard InChI is InChI=1S/C23H20Cl3N5O2/c1-14-21(15(2)31(28-14)12-16-6-3-4-7-17(16)24)27-23(32)20-10-11-30(29-20)13-33-22-18(25)8-5-9-19(22)26/h3-11H,12-13H2,1-2H3,(H,27,32). The third-order valence-electron chi connectivity index (χ3n) is 5.03. The number of benzene rings is 2. The van der Waals surface area contributed by atoms with Crippen LogP contribution in [-0.2, 0) is 13.3 Å². The Hall–Kier alpha value is -3.00. The normalized spacial score (nSPS) is 10.9. The summed E-state index contributed by atoms with van der Waals surface area (Å²) in [5.74, 6) is 0.00698. The van der Waals surface area contributed by atoms with Crippen LogP contribution in [0.1, 0.15) is 27.4 Å². The van der Waals surface area contributed by atoms with Crippen molar-refractivity contribution in [2.24, 2.45) is 0 Å². The van der Waals surface area contributed by atoms with Gasteiger partial charge in [0.05, 0.1) is 33.7 Å². The molecule has 10 heteroatoms. The number of aromatic nitrogens is 4. The van der Waals surface area contributed by atoms with Crippen LogP contribution in [0.25, 0.3) is 0 Å². The smallest absolute Gasteiger partial charge is 0.276 e. The number of aryl methyl sites for hydroxylation is 1. The van der Waals surface area contributed by atoms with Crippen molar-refractivity contribution in [2.45, 2.75) is 27.1 Å². The molecule has 0 atom stereocenters. The van der Waals surface area contributed by atoms with E-state index in [1.165, 1.54) is 4.68 Å². The molecule has 0 aliphatic rings. The fourth-order valence-corrected chi connectivity index (χ4v) is 4.01. The van der Waals surface area contributed by atoms with Crippen LogP contribution in [0.2, 0.25) is 15.1 Å². The molecule has 2 aromatic heterocycles. The third-order valence-corrected chi connectivity index (χ3v) is 6.00. The molecule has 170 valence electrons. The van der Waals surface area contributed by atoms with E-state index in [4.69, 9.17) is 39.5 Å².